The van der Waals surface area contributed by atoms with Crippen molar-refractivity contribution in [1.82, 2.24) is 4.98 Å². The maximum atomic E-state index is 13.2. The summed E-state index contributed by atoms with van der Waals surface area (Å²) in [7, 11) is 0. The quantitative estimate of drug-likeness (QED) is 0.869. The molecule has 1 atom stereocenters. The predicted molar refractivity (Wildman–Crippen MR) is 67.4 cm³/mol. The lowest BCUT2D eigenvalue weighted by Gasteiger charge is -2.17. The highest BCUT2D eigenvalue weighted by Crippen LogP contribution is 2.22. The summed E-state index contributed by atoms with van der Waals surface area (Å²) in [6.45, 7) is 4.00. The van der Waals surface area contributed by atoms with Crippen molar-refractivity contribution in [3.63, 3.8) is 0 Å². The molecule has 0 amide bonds. The van der Waals surface area contributed by atoms with E-state index in [1.807, 2.05) is 26.0 Å². The van der Waals surface area contributed by atoms with Gasteiger partial charge in [-0.15, -0.1) is 0 Å². The molecule has 0 saturated heterocycles. The van der Waals surface area contributed by atoms with Crippen molar-refractivity contribution in [3.05, 3.63) is 59.7 Å². The minimum absolute atomic E-state index is 0.124. The molecule has 88 valence electrons. The van der Waals surface area contributed by atoms with Gasteiger partial charge in [0.25, 0.3) is 0 Å². The molecular formula is C14H15FN2. The molecule has 1 N–H and O–H groups in total. The van der Waals surface area contributed by atoms with E-state index in [1.165, 1.54) is 12.1 Å². The van der Waals surface area contributed by atoms with Crippen LogP contribution < -0.4 is 5.32 Å². The van der Waals surface area contributed by atoms with Gasteiger partial charge in [-0.25, -0.2) is 4.39 Å². The predicted octanol–water partition coefficient (Wildman–Crippen LogP) is 3.70. The van der Waals surface area contributed by atoms with E-state index in [-0.39, 0.29) is 11.9 Å². The number of pyridine rings is 1. The van der Waals surface area contributed by atoms with Crippen molar-refractivity contribution >= 4 is 5.69 Å². The SMILES string of the molecule is Cc1ccc(F)cc1NC(C)c1ccncc1. The van der Waals surface area contributed by atoms with E-state index in [0.29, 0.717) is 0 Å². The molecule has 2 nitrogen and oxygen atoms in total. The van der Waals surface area contributed by atoms with Gasteiger partial charge in [0.05, 0.1) is 0 Å². The van der Waals surface area contributed by atoms with Crippen LogP contribution in [0.1, 0.15) is 24.1 Å². The third kappa shape index (κ3) is 2.81. The first-order valence-electron chi connectivity index (χ1n) is 5.59. The molecule has 0 saturated carbocycles. The van der Waals surface area contributed by atoms with E-state index in [1.54, 1.807) is 18.5 Å². The fourth-order valence-corrected chi connectivity index (χ4v) is 1.72. The van der Waals surface area contributed by atoms with Crippen LogP contribution >= 0.6 is 0 Å². The molecule has 2 aromatic rings. The summed E-state index contributed by atoms with van der Waals surface area (Å²) in [6, 6.07) is 8.79. The zero-order valence-corrected chi connectivity index (χ0v) is 9.94. The molecule has 0 bridgehead atoms. The first kappa shape index (κ1) is 11.6. The van der Waals surface area contributed by atoms with Crippen molar-refractivity contribution in [1.29, 1.82) is 0 Å². The van der Waals surface area contributed by atoms with E-state index in [0.717, 1.165) is 16.8 Å². The molecule has 3 heteroatoms. The Hall–Kier alpha value is -1.90. The molecule has 0 radical (unpaired) electrons. The second kappa shape index (κ2) is 4.95. The minimum atomic E-state index is -0.222. The van der Waals surface area contributed by atoms with Crippen LogP contribution in [0.2, 0.25) is 0 Å². The lowest BCUT2D eigenvalue weighted by atomic mass is 10.1. The van der Waals surface area contributed by atoms with Gasteiger partial charge < -0.3 is 5.32 Å². The number of aryl methyl sites for hydroxylation is 1. The lowest BCUT2D eigenvalue weighted by Crippen LogP contribution is -2.07. The van der Waals surface area contributed by atoms with Gasteiger partial charge in [0.1, 0.15) is 5.82 Å². The van der Waals surface area contributed by atoms with Gasteiger partial charge in [0, 0.05) is 24.1 Å². The third-order valence-electron chi connectivity index (χ3n) is 2.78. The molecule has 17 heavy (non-hydrogen) atoms. The molecule has 0 aliphatic rings. The molecule has 0 aliphatic heterocycles. The van der Waals surface area contributed by atoms with Crippen LogP contribution in [0.4, 0.5) is 10.1 Å². The molecule has 1 aromatic carbocycles. The summed E-state index contributed by atoms with van der Waals surface area (Å²) < 4.78 is 13.2. The highest BCUT2D eigenvalue weighted by atomic mass is 19.1. The summed E-state index contributed by atoms with van der Waals surface area (Å²) in [5, 5.41) is 3.30. The normalized spacial score (nSPS) is 12.2. The number of halogens is 1. The minimum Gasteiger partial charge on any atom is -0.378 e. The topological polar surface area (TPSA) is 24.9 Å². The van der Waals surface area contributed by atoms with Crippen molar-refractivity contribution in [2.75, 3.05) is 5.32 Å². The highest BCUT2D eigenvalue weighted by Gasteiger charge is 2.07. The molecular weight excluding hydrogens is 215 g/mol. The number of hydrogen-bond donors (Lipinski definition) is 1. The van der Waals surface area contributed by atoms with Crippen LogP contribution in [-0.4, -0.2) is 4.98 Å². The molecule has 0 spiro atoms. The number of nitrogens with one attached hydrogen (secondary N) is 1. The first-order valence-corrected chi connectivity index (χ1v) is 5.59. The van der Waals surface area contributed by atoms with E-state index >= 15 is 0 Å². The number of anilines is 1. The van der Waals surface area contributed by atoms with Crippen LogP contribution in [0.5, 0.6) is 0 Å². The molecule has 1 heterocycles. The Morgan fingerprint density at radius 2 is 1.88 bits per heavy atom. The standard InChI is InChI=1S/C14H15FN2/c1-10-3-4-13(15)9-14(10)17-11(2)12-5-7-16-8-6-12/h3-9,11,17H,1-2H3. The Bertz CT molecular complexity index is 497. The zero-order chi connectivity index (χ0) is 12.3. The van der Waals surface area contributed by atoms with Crippen LogP contribution in [0.15, 0.2) is 42.7 Å². The smallest absolute Gasteiger partial charge is 0.125 e. The van der Waals surface area contributed by atoms with E-state index in [4.69, 9.17) is 0 Å². The van der Waals surface area contributed by atoms with E-state index < -0.39 is 0 Å². The Morgan fingerprint density at radius 1 is 1.18 bits per heavy atom. The van der Waals surface area contributed by atoms with Gasteiger partial charge in [0.2, 0.25) is 0 Å². The number of rotatable bonds is 3. The summed E-state index contributed by atoms with van der Waals surface area (Å²) in [5.41, 5.74) is 2.99. The van der Waals surface area contributed by atoms with Gasteiger partial charge >= 0.3 is 0 Å². The van der Waals surface area contributed by atoms with Gasteiger partial charge in [0.15, 0.2) is 0 Å². The summed E-state index contributed by atoms with van der Waals surface area (Å²) in [4.78, 5) is 3.98. The summed E-state index contributed by atoms with van der Waals surface area (Å²) >= 11 is 0. The number of benzene rings is 1. The monoisotopic (exact) mass is 230 g/mol. The maximum absolute atomic E-state index is 13.2. The Balaban J connectivity index is 2.18. The molecule has 1 aromatic heterocycles. The molecule has 0 aliphatic carbocycles. The third-order valence-corrected chi connectivity index (χ3v) is 2.78. The molecule has 0 fully saturated rings. The largest absolute Gasteiger partial charge is 0.378 e. The van der Waals surface area contributed by atoms with Gasteiger partial charge in [-0.05, 0) is 49.2 Å². The van der Waals surface area contributed by atoms with Crippen molar-refractivity contribution in [2.45, 2.75) is 19.9 Å². The fraction of sp³-hybridized carbons (Fsp3) is 0.214. The maximum Gasteiger partial charge on any atom is 0.125 e. The number of aromatic nitrogens is 1. The zero-order valence-electron chi connectivity index (χ0n) is 9.94. The van der Waals surface area contributed by atoms with Gasteiger partial charge in [-0.3, -0.25) is 4.98 Å². The van der Waals surface area contributed by atoms with Gasteiger partial charge in [-0.2, -0.15) is 0 Å². The number of nitrogens with zero attached hydrogens (tertiary/aromatic N) is 1. The summed E-state index contributed by atoms with van der Waals surface area (Å²) in [5.74, 6) is -0.222. The van der Waals surface area contributed by atoms with Gasteiger partial charge in [-0.1, -0.05) is 6.07 Å². The van der Waals surface area contributed by atoms with E-state index in [2.05, 4.69) is 10.3 Å². The highest BCUT2D eigenvalue weighted by molar-refractivity contribution is 5.52. The van der Waals surface area contributed by atoms with Crippen LogP contribution in [0, 0.1) is 12.7 Å². The lowest BCUT2D eigenvalue weighted by molar-refractivity contribution is 0.627. The second-order valence-electron chi connectivity index (χ2n) is 4.11. The average Bonchev–Trinajstić information content (AvgIpc) is 2.35. The summed E-state index contributed by atoms with van der Waals surface area (Å²) in [6.07, 6.45) is 3.51. The first-order chi connectivity index (χ1) is 8.16. The molecule has 1 unspecified atom stereocenters. The Kier molecular flexibility index (Phi) is 3.38. The van der Waals surface area contributed by atoms with Crippen LogP contribution in [-0.2, 0) is 0 Å². The Morgan fingerprint density at radius 3 is 2.59 bits per heavy atom. The van der Waals surface area contributed by atoms with Crippen LogP contribution in [0.25, 0.3) is 0 Å². The van der Waals surface area contributed by atoms with Crippen molar-refractivity contribution in [3.8, 4) is 0 Å². The van der Waals surface area contributed by atoms with E-state index in [9.17, 15) is 4.39 Å². The van der Waals surface area contributed by atoms with Crippen molar-refractivity contribution < 1.29 is 4.39 Å². The fourth-order valence-electron chi connectivity index (χ4n) is 1.72. The van der Waals surface area contributed by atoms with Crippen molar-refractivity contribution in [2.24, 2.45) is 0 Å². The average molecular weight is 230 g/mol. The second-order valence-corrected chi connectivity index (χ2v) is 4.11. The molecule has 2 rings (SSSR count). The Labute approximate surface area is 101 Å². The number of hydrogen-bond acceptors (Lipinski definition) is 2. The van der Waals surface area contributed by atoms with Crippen LogP contribution in [0.3, 0.4) is 0 Å².